The van der Waals surface area contributed by atoms with Crippen molar-refractivity contribution in [2.45, 2.75) is 329 Å². The van der Waals surface area contributed by atoms with Crippen LogP contribution < -0.4 is 0 Å². The van der Waals surface area contributed by atoms with Crippen LogP contribution in [-0.4, -0.2) is 37.2 Å². The van der Waals surface area contributed by atoms with Gasteiger partial charge in [0.25, 0.3) is 0 Å². The number of carbonyl (C=O) groups is 3. The van der Waals surface area contributed by atoms with E-state index < -0.39 is 6.10 Å². The van der Waals surface area contributed by atoms with E-state index in [1.54, 1.807) is 0 Å². The fourth-order valence-electron chi connectivity index (χ4n) is 9.36. The van der Waals surface area contributed by atoms with Crippen LogP contribution in [0.5, 0.6) is 0 Å². The van der Waals surface area contributed by atoms with Gasteiger partial charge in [-0.25, -0.2) is 0 Å². The zero-order valence-corrected chi connectivity index (χ0v) is 51.4. The van der Waals surface area contributed by atoms with E-state index in [2.05, 4.69) is 118 Å². The highest BCUT2D eigenvalue weighted by atomic mass is 16.6. The summed E-state index contributed by atoms with van der Waals surface area (Å²) >= 11 is 0. The van der Waals surface area contributed by atoms with Gasteiger partial charge >= 0.3 is 17.9 Å². The first-order valence-electron chi connectivity index (χ1n) is 33.2. The first kappa shape index (κ1) is 74.3. The summed E-state index contributed by atoms with van der Waals surface area (Å²) in [6, 6.07) is 0. The molecule has 0 aromatic carbocycles. The molecule has 0 bridgehead atoms. The number of hydrogen-bond acceptors (Lipinski definition) is 6. The van der Waals surface area contributed by atoms with Gasteiger partial charge in [-0.2, -0.15) is 0 Å². The molecule has 0 spiro atoms. The first-order valence-corrected chi connectivity index (χ1v) is 33.2. The maximum atomic E-state index is 12.9. The molecule has 0 aromatic rings. The third-order valence-electron chi connectivity index (χ3n) is 14.3. The number of unbranched alkanes of at least 4 members (excludes halogenated alkanes) is 33. The van der Waals surface area contributed by atoms with Gasteiger partial charge < -0.3 is 14.2 Å². The molecule has 0 aliphatic carbocycles. The molecule has 0 aliphatic heterocycles. The maximum Gasteiger partial charge on any atom is 0.306 e. The molecular formula is C72H124O6. The SMILES string of the molecule is CC/C=C\C/C=C\C/C=C\C/C=C\C/C=C\C/C=C\C/C=C\CCCCCCCC(=O)OCC(COC(=O)CCCCCCCCCCCCCCCC)OC(=O)CCCCCCCCCCC/C=C\CCCCCCCC. The molecule has 0 aliphatic rings. The molecule has 6 nitrogen and oxygen atoms in total. The lowest BCUT2D eigenvalue weighted by Crippen LogP contribution is -2.30. The van der Waals surface area contributed by atoms with Crippen molar-refractivity contribution in [3.05, 3.63) is 97.2 Å². The Labute approximate surface area is 483 Å². The van der Waals surface area contributed by atoms with Crippen LogP contribution in [0.15, 0.2) is 97.2 Å². The average molecular weight is 1090 g/mol. The molecule has 78 heavy (non-hydrogen) atoms. The van der Waals surface area contributed by atoms with Crippen molar-refractivity contribution >= 4 is 17.9 Å². The lowest BCUT2D eigenvalue weighted by atomic mass is 10.0. The van der Waals surface area contributed by atoms with Crippen LogP contribution in [0.1, 0.15) is 323 Å². The molecule has 0 amide bonds. The van der Waals surface area contributed by atoms with E-state index in [9.17, 15) is 14.4 Å². The fourth-order valence-corrected chi connectivity index (χ4v) is 9.36. The molecule has 0 fully saturated rings. The van der Waals surface area contributed by atoms with E-state index in [4.69, 9.17) is 14.2 Å². The zero-order chi connectivity index (χ0) is 56.4. The quantitative estimate of drug-likeness (QED) is 0.0261. The zero-order valence-electron chi connectivity index (χ0n) is 51.4. The number of carbonyl (C=O) groups excluding carboxylic acids is 3. The predicted molar refractivity (Wildman–Crippen MR) is 339 cm³/mol. The Morgan fingerprint density at radius 2 is 0.500 bits per heavy atom. The second-order valence-electron chi connectivity index (χ2n) is 22.0. The van der Waals surface area contributed by atoms with Crippen molar-refractivity contribution in [1.82, 2.24) is 0 Å². The van der Waals surface area contributed by atoms with Crippen molar-refractivity contribution in [3.8, 4) is 0 Å². The Bertz CT molecular complexity index is 1530. The number of rotatable bonds is 60. The van der Waals surface area contributed by atoms with Crippen molar-refractivity contribution in [1.29, 1.82) is 0 Å². The molecule has 0 radical (unpaired) electrons. The minimum atomic E-state index is -0.787. The number of allylic oxidation sites excluding steroid dienone is 16. The largest absolute Gasteiger partial charge is 0.462 e. The summed E-state index contributed by atoms with van der Waals surface area (Å²) in [6.07, 6.45) is 88.4. The molecule has 1 atom stereocenters. The standard InChI is InChI=1S/C72H124O6/c1-4-7-10-13-16-19-22-25-28-30-32-33-34-35-36-37-38-39-41-42-44-47-50-53-56-59-62-65-71(74)77-68-69(67-76-70(73)64-61-58-55-52-49-46-27-24-21-18-15-12-9-6-3)78-72(75)66-63-60-57-54-51-48-45-43-40-31-29-26-23-20-17-14-11-8-5-2/h7,10,16,19,25-26,28-29,32-33,35-36,38-39,42,44,69H,4-6,8-9,11-15,17-18,20-24,27,30-31,34,37,40-41,43,45-68H2,1-3H3/b10-7-,19-16-,28-25-,29-26-,33-32-,36-35-,39-38-,44-42-. The van der Waals surface area contributed by atoms with Gasteiger partial charge in [0.1, 0.15) is 13.2 Å². The van der Waals surface area contributed by atoms with Crippen LogP contribution >= 0.6 is 0 Å². The molecule has 448 valence electrons. The summed E-state index contributed by atoms with van der Waals surface area (Å²) < 4.78 is 16.9. The van der Waals surface area contributed by atoms with Crippen LogP contribution in [0.4, 0.5) is 0 Å². The average Bonchev–Trinajstić information content (AvgIpc) is 3.44. The van der Waals surface area contributed by atoms with E-state index in [-0.39, 0.29) is 31.1 Å². The fraction of sp³-hybridized carbons (Fsp3) is 0.736. The van der Waals surface area contributed by atoms with E-state index in [0.29, 0.717) is 19.3 Å². The van der Waals surface area contributed by atoms with Crippen molar-refractivity contribution < 1.29 is 28.6 Å². The summed E-state index contributed by atoms with van der Waals surface area (Å²) in [5, 5.41) is 0. The van der Waals surface area contributed by atoms with Crippen LogP contribution in [0.2, 0.25) is 0 Å². The van der Waals surface area contributed by atoms with Gasteiger partial charge in [0.2, 0.25) is 0 Å². The maximum absolute atomic E-state index is 12.9. The van der Waals surface area contributed by atoms with E-state index >= 15 is 0 Å². The van der Waals surface area contributed by atoms with Crippen molar-refractivity contribution in [2.24, 2.45) is 0 Å². The molecule has 0 rings (SSSR count). The molecule has 0 saturated carbocycles. The lowest BCUT2D eigenvalue weighted by Gasteiger charge is -2.18. The second kappa shape index (κ2) is 65.8. The number of esters is 3. The minimum Gasteiger partial charge on any atom is -0.462 e. The Kier molecular flexibility index (Phi) is 62.7. The van der Waals surface area contributed by atoms with E-state index in [1.165, 1.54) is 161 Å². The normalized spacial score (nSPS) is 12.7. The van der Waals surface area contributed by atoms with Crippen LogP contribution in [-0.2, 0) is 28.6 Å². The molecule has 0 heterocycles. The smallest absolute Gasteiger partial charge is 0.306 e. The number of hydrogen-bond donors (Lipinski definition) is 0. The highest BCUT2D eigenvalue weighted by Gasteiger charge is 2.19. The van der Waals surface area contributed by atoms with Crippen molar-refractivity contribution in [2.75, 3.05) is 13.2 Å². The Morgan fingerprint density at radius 3 is 0.795 bits per heavy atom. The lowest BCUT2D eigenvalue weighted by molar-refractivity contribution is -0.167. The van der Waals surface area contributed by atoms with Gasteiger partial charge in [0, 0.05) is 19.3 Å². The van der Waals surface area contributed by atoms with Crippen molar-refractivity contribution in [3.63, 3.8) is 0 Å². The highest BCUT2D eigenvalue weighted by Crippen LogP contribution is 2.16. The van der Waals surface area contributed by atoms with Crippen LogP contribution in [0.3, 0.4) is 0 Å². The van der Waals surface area contributed by atoms with Gasteiger partial charge in [-0.1, -0.05) is 298 Å². The summed E-state index contributed by atoms with van der Waals surface area (Å²) in [7, 11) is 0. The Balaban J connectivity index is 4.37. The highest BCUT2D eigenvalue weighted by molar-refractivity contribution is 5.71. The summed E-state index contributed by atoms with van der Waals surface area (Å²) in [5.41, 5.74) is 0. The van der Waals surface area contributed by atoms with Crippen LogP contribution in [0.25, 0.3) is 0 Å². The van der Waals surface area contributed by atoms with Gasteiger partial charge in [0.05, 0.1) is 0 Å². The van der Waals surface area contributed by atoms with Gasteiger partial charge in [0.15, 0.2) is 6.10 Å². The second-order valence-corrected chi connectivity index (χ2v) is 22.0. The summed E-state index contributed by atoms with van der Waals surface area (Å²) in [4.78, 5) is 38.4. The Morgan fingerprint density at radius 1 is 0.269 bits per heavy atom. The van der Waals surface area contributed by atoms with Gasteiger partial charge in [-0.3, -0.25) is 14.4 Å². The van der Waals surface area contributed by atoms with E-state index in [0.717, 1.165) is 122 Å². The predicted octanol–water partition coefficient (Wildman–Crippen LogP) is 22.8. The van der Waals surface area contributed by atoms with Gasteiger partial charge in [-0.05, 0) is 103 Å². The third-order valence-corrected chi connectivity index (χ3v) is 14.3. The Hall–Kier alpha value is -3.67. The molecule has 0 saturated heterocycles. The number of ether oxygens (including phenoxy) is 3. The summed E-state index contributed by atoms with van der Waals surface area (Å²) in [5.74, 6) is -0.890. The first-order chi connectivity index (χ1) is 38.5. The van der Waals surface area contributed by atoms with Gasteiger partial charge in [-0.15, -0.1) is 0 Å². The summed E-state index contributed by atoms with van der Waals surface area (Å²) in [6.45, 7) is 6.54. The minimum absolute atomic E-state index is 0.0816. The van der Waals surface area contributed by atoms with Crippen LogP contribution in [0, 0.1) is 0 Å². The molecular weight excluding hydrogens is 961 g/mol. The molecule has 1 unspecified atom stereocenters. The van der Waals surface area contributed by atoms with E-state index in [1.807, 2.05) is 0 Å². The monoisotopic (exact) mass is 1080 g/mol. The third kappa shape index (κ3) is 63.2. The topological polar surface area (TPSA) is 78.9 Å². The molecule has 0 N–H and O–H groups in total. The molecule has 6 heteroatoms. The molecule has 0 aromatic heterocycles.